The lowest BCUT2D eigenvalue weighted by atomic mass is 9.95. The van der Waals surface area contributed by atoms with E-state index in [0.717, 1.165) is 25.1 Å². The van der Waals surface area contributed by atoms with Gasteiger partial charge in [-0.05, 0) is 37.1 Å². The van der Waals surface area contributed by atoms with E-state index in [0.29, 0.717) is 11.1 Å². The minimum atomic E-state index is -0.502. The molecular weight excluding hydrogens is 226 g/mol. The van der Waals surface area contributed by atoms with Crippen LogP contribution >= 0.6 is 23.2 Å². The van der Waals surface area contributed by atoms with Crippen molar-refractivity contribution >= 4 is 23.2 Å². The Balaban J connectivity index is 2.19. The van der Waals surface area contributed by atoms with Crippen LogP contribution in [-0.4, -0.2) is 18.1 Å². The smallest absolute Gasteiger partial charge is 0.166 e. The van der Waals surface area contributed by atoms with Gasteiger partial charge in [-0.2, -0.15) is 0 Å². The first-order valence-corrected chi connectivity index (χ1v) is 5.13. The number of hydrogen-bond acceptors (Lipinski definition) is 2. The molecule has 2 heterocycles. The summed E-state index contributed by atoms with van der Waals surface area (Å²) in [6, 6.07) is 1.37. The molecule has 0 saturated carbocycles. The van der Waals surface area contributed by atoms with Crippen LogP contribution in [0.3, 0.4) is 0 Å². The lowest BCUT2D eigenvalue weighted by Gasteiger charge is -2.27. The van der Waals surface area contributed by atoms with Crippen molar-refractivity contribution in [3.8, 4) is 0 Å². The fourth-order valence-corrected chi connectivity index (χ4v) is 1.83. The van der Waals surface area contributed by atoms with E-state index in [1.807, 2.05) is 0 Å². The van der Waals surface area contributed by atoms with Crippen molar-refractivity contribution in [1.29, 1.82) is 0 Å². The summed E-state index contributed by atoms with van der Waals surface area (Å²) in [4.78, 5) is 3.72. The van der Waals surface area contributed by atoms with E-state index in [-0.39, 0.29) is 5.15 Å². The zero-order valence-corrected chi connectivity index (χ0v) is 8.87. The van der Waals surface area contributed by atoms with Crippen LogP contribution in [0.15, 0.2) is 6.07 Å². The van der Waals surface area contributed by atoms with Crippen molar-refractivity contribution in [2.24, 2.45) is 5.92 Å². The van der Waals surface area contributed by atoms with E-state index in [9.17, 15) is 4.39 Å². The molecule has 14 heavy (non-hydrogen) atoms. The molecule has 5 heteroatoms. The average Bonchev–Trinajstić information content (AvgIpc) is 2.06. The maximum absolute atomic E-state index is 13.1. The summed E-state index contributed by atoms with van der Waals surface area (Å²) in [5.41, 5.74) is 0.736. The zero-order chi connectivity index (χ0) is 10.1. The topological polar surface area (TPSA) is 24.9 Å². The van der Waals surface area contributed by atoms with Crippen LogP contribution in [0.4, 0.5) is 4.39 Å². The Bertz CT molecular complexity index is 353. The molecule has 76 valence electrons. The molecule has 1 aromatic heterocycles. The van der Waals surface area contributed by atoms with E-state index < -0.39 is 5.82 Å². The van der Waals surface area contributed by atoms with Crippen LogP contribution in [0, 0.1) is 11.7 Å². The minimum Gasteiger partial charge on any atom is -0.316 e. The molecule has 0 atom stereocenters. The van der Waals surface area contributed by atoms with Gasteiger partial charge >= 0.3 is 0 Å². The maximum Gasteiger partial charge on any atom is 0.166 e. The normalized spacial score (nSPS) is 16.8. The SMILES string of the molecule is Fc1cc(CC2CNC2)c(Cl)nc1Cl. The first-order valence-electron chi connectivity index (χ1n) is 4.38. The van der Waals surface area contributed by atoms with E-state index in [2.05, 4.69) is 10.3 Å². The summed E-state index contributed by atoms with van der Waals surface area (Å²) in [5.74, 6) is 0.0354. The molecule has 0 unspecified atom stereocenters. The molecule has 0 aromatic carbocycles. The Kier molecular flexibility index (Phi) is 2.91. The van der Waals surface area contributed by atoms with Gasteiger partial charge in [0.25, 0.3) is 0 Å². The standard InChI is InChI=1S/C9H9Cl2FN2/c10-8-6(1-5-3-13-4-5)2-7(12)9(11)14-8/h2,5,13H,1,3-4H2. The molecule has 1 N–H and O–H groups in total. The van der Waals surface area contributed by atoms with E-state index in [1.165, 1.54) is 6.07 Å². The maximum atomic E-state index is 13.1. The van der Waals surface area contributed by atoms with E-state index in [1.54, 1.807) is 0 Å². The van der Waals surface area contributed by atoms with Gasteiger partial charge in [0.05, 0.1) is 0 Å². The zero-order valence-electron chi connectivity index (χ0n) is 7.36. The largest absolute Gasteiger partial charge is 0.316 e. The highest BCUT2D eigenvalue weighted by Crippen LogP contribution is 2.23. The highest BCUT2D eigenvalue weighted by Gasteiger charge is 2.19. The van der Waals surface area contributed by atoms with Gasteiger partial charge in [-0.15, -0.1) is 0 Å². The number of pyridine rings is 1. The number of halogens is 3. The van der Waals surface area contributed by atoms with Gasteiger partial charge in [0.15, 0.2) is 11.0 Å². The summed E-state index contributed by atoms with van der Waals surface area (Å²) in [6.45, 7) is 1.92. The number of rotatable bonds is 2. The predicted molar refractivity (Wildman–Crippen MR) is 54.3 cm³/mol. The van der Waals surface area contributed by atoms with Gasteiger partial charge in [0.1, 0.15) is 5.15 Å². The lowest BCUT2D eigenvalue weighted by Crippen LogP contribution is -2.43. The van der Waals surface area contributed by atoms with Crippen LogP contribution in [0.2, 0.25) is 10.3 Å². The molecule has 2 nitrogen and oxygen atoms in total. The number of nitrogens with one attached hydrogen (secondary N) is 1. The molecule has 0 aliphatic carbocycles. The fourth-order valence-electron chi connectivity index (χ4n) is 1.43. The van der Waals surface area contributed by atoms with Gasteiger partial charge in [-0.1, -0.05) is 23.2 Å². The Hall–Kier alpha value is -0.380. The second kappa shape index (κ2) is 4.01. The number of nitrogens with zero attached hydrogens (tertiary/aromatic N) is 1. The van der Waals surface area contributed by atoms with Gasteiger partial charge in [0, 0.05) is 0 Å². The van der Waals surface area contributed by atoms with E-state index in [4.69, 9.17) is 23.2 Å². The van der Waals surface area contributed by atoms with Gasteiger partial charge < -0.3 is 5.32 Å². The van der Waals surface area contributed by atoms with Crippen molar-refractivity contribution in [2.75, 3.05) is 13.1 Å². The summed E-state index contributed by atoms with van der Waals surface area (Å²) in [6.07, 6.45) is 0.757. The van der Waals surface area contributed by atoms with Crippen molar-refractivity contribution < 1.29 is 4.39 Å². The Morgan fingerprint density at radius 2 is 2.14 bits per heavy atom. The third-order valence-corrected chi connectivity index (χ3v) is 2.93. The van der Waals surface area contributed by atoms with Crippen molar-refractivity contribution in [1.82, 2.24) is 10.3 Å². The highest BCUT2D eigenvalue weighted by atomic mass is 35.5. The molecule has 1 aromatic rings. The predicted octanol–water partition coefficient (Wildman–Crippen LogP) is 2.29. The summed E-state index contributed by atoms with van der Waals surface area (Å²) in [7, 11) is 0. The van der Waals surface area contributed by atoms with Crippen LogP contribution in [0.5, 0.6) is 0 Å². The monoisotopic (exact) mass is 234 g/mol. The van der Waals surface area contributed by atoms with Crippen LogP contribution in [0.1, 0.15) is 5.56 Å². The first-order chi connectivity index (χ1) is 6.66. The molecule has 1 saturated heterocycles. The van der Waals surface area contributed by atoms with Gasteiger partial charge in [-0.25, -0.2) is 9.37 Å². The summed E-state index contributed by atoms with van der Waals surface area (Å²) >= 11 is 11.3. The van der Waals surface area contributed by atoms with Crippen LogP contribution in [0.25, 0.3) is 0 Å². The molecule has 1 aliphatic rings. The minimum absolute atomic E-state index is 0.162. The third-order valence-electron chi connectivity index (χ3n) is 2.33. The first kappa shape index (κ1) is 10.1. The van der Waals surface area contributed by atoms with Crippen molar-refractivity contribution in [3.05, 3.63) is 27.8 Å². The summed E-state index contributed by atoms with van der Waals surface area (Å²) in [5, 5.41) is 3.29. The Labute approximate surface area is 91.4 Å². The Morgan fingerprint density at radius 1 is 1.43 bits per heavy atom. The molecule has 0 radical (unpaired) electrons. The highest BCUT2D eigenvalue weighted by molar-refractivity contribution is 6.32. The second-order valence-corrected chi connectivity index (χ2v) is 4.16. The average molecular weight is 235 g/mol. The molecule has 0 bridgehead atoms. The number of aromatic nitrogens is 1. The molecule has 0 spiro atoms. The van der Waals surface area contributed by atoms with E-state index >= 15 is 0 Å². The quantitative estimate of drug-likeness (QED) is 0.795. The molecule has 1 fully saturated rings. The second-order valence-electron chi connectivity index (χ2n) is 3.44. The lowest BCUT2D eigenvalue weighted by molar-refractivity contribution is 0.346. The molecule has 0 amide bonds. The summed E-state index contributed by atoms with van der Waals surface area (Å²) < 4.78 is 13.1. The van der Waals surface area contributed by atoms with Crippen molar-refractivity contribution in [2.45, 2.75) is 6.42 Å². The van der Waals surface area contributed by atoms with Crippen LogP contribution in [-0.2, 0) is 6.42 Å². The molecular formula is C9H9Cl2FN2. The third kappa shape index (κ3) is 2.00. The van der Waals surface area contributed by atoms with Gasteiger partial charge in [-0.3, -0.25) is 0 Å². The Morgan fingerprint density at radius 3 is 2.71 bits per heavy atom. The van der Waals surface area contributed by atoms with Crippen LogP contribution < -0.4 is 5.32 Å². The number of hydrogen-bond donors (Lipinski definition) is 1. The molecule has 2 rings (SSSR count). The molecule has 1 aliphatic heterocycles. The van der Waals surface area contributed by atoms with Gasteiger partial charge in [0.2, 0.25) is 0 Å². The fraction of sp³-hybridized carbons (Fsp3) is 0.444. The van der Waals surface area contributed by atoms with Crippen molar-refractivity contribution in [3.63, 3.8) is 0 Å².